The van der Waals surface area contributed by atoms with Crippen LogP contribution in [-0.2, 0) is 0 Å². The van der Waals surface area contributed by atoms with Crippen LogP contribution < -0.4 is 20.1 Å². The minimum atomic E-state index is 0.485. The third kappa shape index (κ3) is 2.50. The number of nitrogens with one attached hydrogen (secondary N) is 3. The Labute approximate surface area is 133 Å². The topological polar surface area (TPSA) is 84.1 Å². The number of anilines is 3. The van der Waals surface area contributed by atoms with Gasteiger partial charge in [0.05, 0.1) is 11.1 Å². The highest BCUT2D eigenvalue weighted by atomic mass is 16.6. The van der Waals surface area contributed by atoms with Crippen LogP contribution in [0.3, 0.4) is 0 Å². The standard InChI is InChI=1S/C16H16N5O2/c1-2-17-14-10-6-7-18-15(10)21-16(20-14)19-11-4-3-5-12-13(11)23-9-8-22-12/h3-4,6-7H,2,8-9H2,1H3,(H3,17,18,19,20,21). The maximum absolute atomic E-state index is 5.68. The highest BCUT2D eigenvalue weighted by Gasteiger charge is 2.17. The summed E-state index contributed by atoms with van der Waals surface area (Å²) in [5, 5.41) is 7.42. The SMILES string of the molecule is CCNc1nc(Nc2cc[c]c3c2OCCO3)nc2[nH]ccc12. The highest BCUT2D eigenvalue weighted by Crippen LogP contribution is 2.38. The summed E-state index contributed by atoms with van der Waals surface area (Å²) in [4.78, 5) is 12.2. The first-order valence-corrected chi connectivity index (χ1v) is 7.51. The number of nitrogens with zero attached hydrogens (tertiary/aromatic N) is 2. The molecular weight excluding hydrogens is 294 g/mol. The Morgan fingerprint density at radius 2 is 2.17 bits per heavy atom. The van der Waals surface area contributed by atoms with E-state index in [1.165, 1.54) is 0 Å². The van der Waals surface area contributed by atoms with Gasteiger partial charge in [-0.2, -0.15) is 9.97 Å². The number of benzene rings is 1. The molecule has 0 unspecified atom stereocenters. The third-order valence-corrected chi connectivity index (χ3v) is 3.50. The second kappa shape index (κ2) is 5.68. The molecule has 0 spiro atoms. The Hall–Kier alpha value is -2.96. The van der Waals surface area contributed by atoms with Crippen molar-refractivity contribution in [1.29, 1.82) is 0 Å². The molecule has 23 heavy (non-hydrogen) atoms. The molecule has 3 heterocycles. The normalized spacial score (nSPS) is 13.1. The maximum atomic E-state index is 5.68. The lowest BCUT2D eigenvalue weighted by atomic mass is 10.2. The maximum Gasteiger partial charge on any atom is 0.231 e. The largest absolute Gasteiger partial charge is 0.485 e. The molecule has 2 aromatic heterocycles. The molecule has 4 rings (SSSR count). The van der Waals surface area contributed by atoms with Gasteiger partial charge in [-0.05, 0) is 25.1 Å². The summed E-state index contributed by atoms with van der Waals surface area (Å²) in [6, 6.07) is 8.63. The van der Waals surface area contributed by atoms with Crippen LogP contribution in [0.15, 0.2) is 24.4 Å². The molecule has 0 saturated carbocycles. The highest BCUT2D eigenvalue weighted by molar-refractivity contribution is 5.88. The average Bonchev–Trinajstić information content (AvgIpc) is 3.04. The molecule has 7 nitrogen and oxygen atoms in total. The van der Waals surface area contributed by atoms with Gasteiger partial charge in [0.25, 0.3) is 0 Å². The van der Waals surface area contributed by atoms with Crippen molar-refractivity contribution < 1.29 is 9.47 Å². The minimum absolute atomic E-state index is 0.485. The number of aromatic amines is 1. The Balaban J connectivity index is 1.73. The lowest BCUT2D eigenvalue weighted by Crippen LogP contribution is -2.16. The smallest absolute Gasteiger partial charge is 0.231 e. The summed E-state index contributed by atoms with van der Waals surface area (Å²) in [5.41, 5.74) is 1.53. The zero-order chi connectivity index (χ0) is 15.6. The van der Waals surface area contributed by atoms with Gasteiger partial charge in [-0.15, -0.1) is 0 Å². The van der Waals surface area contributed by atoms with Crippen molar-refractivity contribution in [3.63, 3.8) is 0 Å². The van der Waals surface area contributed by atoms with E-state index in [0.29, 0.717) is 30.7 Å². The van der Waals surface area contributed by atoms with Gasteiger partial charge in [0, 0.05) is 18.8 Å². The van der Waals surface area contributed by atoms with Crippen molar-refractivity contribution in [3.05, 3.63) is 30.5 Å². The Kier molecular flexibility index (Phi) is 3.38. The van der Waals surface area contributed by atoms with E-state index in [2.05, 4.69) is 31.7 Å². The van der Waals surface area contributed by atoms with Gasteiger partial charge >= 0.3 is 0 Å². The van der Waals surface area contributed by atoms with Crippen molar-refractivity contribution >= 4 is 28.5 Å². The summed E-state index contributed by atoms with van der Waals surface area (Å²) >= 11 is 0. The minimum Gasteiger partial charge on any atom is -0.485 e. The van der Waals surface area contributed by atoms with E-state index in [1.54, 1.807) is 6.07 Å². The summed E-state index contributed by atoms with van der Waals surface area (Å²) < 4.78 is 11.2. The van der Waals surface area contributed by atoms with Crippen molar-refractivity contribution in [2.24, 2.45) is 0 Å². The van der Waals surface area contributed by atoms with E-state index in [9.17, 15) is 0 Å². The van der Waals surface area contributed by atoms with Crippen molar-refractivity contribution in [3.8, 4) is 11.5 Å². The van der Waals surface area contributed by atoms with E-state index in [0.717, 1.165) is 29.1 Å². The first-order valence-electron chi connectivity index (χ1n) is 7.51. The van der Waals surface area contributed by atoms with E-state index in [1.807, 2.05) is 25.3 Å². The predicted octanol–water partition coefficient (Wildman–Crippen LogP) is 2.70. The van der Waals surface area contributed by atoms with E-state index in [-0.39, 0.29) is 0 Å². The average molecular weight is 310 g/mol. The molecule has 1 aromatic carbocycles. The molecule has 3 N–H and O–H groups in total. The van der Waals surface area contributed by atoms with Crippen LogP contribution in [0.4, 0.5) is 17.5 Å². The second-order valence-corrected chi connectivity index (χ2v) is 5.04. The van der Waals surface area contributed by atoms with Gasteiger partial charge in [-0.1, -0.05) is 0 Å². The number of hydrogen-bond acceptors (Lipinski definition) is 6. The fraction of sp³-hybridized carbons (Fsp3) is 0.250. The summed E-state index contributed by atoms with van der Waals surface area (Å²) in [5.74, 6) is 2.52. The third-order valence-electron chi connectivity index (χ3n) is 3.50. The molecular formula is C16H16N5O2. The summed E-state index contributed by atoms with van der Waals surface area (Å²) in [7, 11) is 0. The molecule has 1 aliphatic rings. The number of ether oxygens (including phenoxy) is 2. The van der Waals surface area contributed by atoms with Crippen molar-refractivity contribution in [2.75, 3.05) is 30.4 Å². The number of rotatable bonds is 4. The van der Waals surface area contributed by atoms with Gasteiger partial charge in [0.2, 0.25) is 5.95 Å². The quantitative estimate of drug-likeness (QED) is 0.687. The molecule has 0 saturated heterocycles. The first kappa shape index (κ1) is 13.7. The number of fused-ring (bicyclic) bond motifs is 2. The van der Waals surface area contributed by atoms with Gasteiger partial charge in [-0.3, -0.25) is 0 Å². The molecule has 0 amide bonds. The molecule has 0 atom stereocenters. The van der Waals surface area contributed by atoms with Crippen LogP contribution in [0.5, 0.6) is 11.5 Å². The van der Waals surface area contributed by atoms with Gasteiger partial charge in [0.15, 0.2) is 11.5 Å². The molecule has 0 aliphatic carbocycles. The molecule has 1 aliphatic heterocycles. The van der Waals surface area contributed by atoms with Crippen LogP contribution in [0, 0.1) is 6.07 Å². The van der Waals surface area contributed by atoms with Crippen LogP contribution in [0.2, 0.25) is 0 Å². The summed E-state index contributed by atoms with van der Waals surface area (Å²) in [6.07, 6.45) is 1.85. The van der Waals surface area contributed by atoms with E-state index < -0.39 is 0 Å². The number of hydrogen-bond donors (Lipinski definition) is 3. The lowest BCUT2D eigenvalue weighted by molar-refractivity contribution is 0.172. The van der Waals surface area contributed by atoms with Crippen molar-refractivity contribution in [2.45, 2.75) is 6.92 Å². The Morgan fingerprint density at radius 1 is 1.26 bits per heavy atom. The number of H-pyrrole nitrogens is 1. The van der Waals surface area contributed by atoms with Gasteiger partial charge in [0.1, 0.15) is 24.7 Å². The van der Waals surface area contributed by atoms with Crippen molar-refractivity contribution in [1.82, 2.24) is 15.0 Å². The molecule has 117 valence electrons. The van der Waals surface area contributed by atoms with Crippen LogP contribution in [-0.4, -0.2) is 34.7 Å². The summed E-state index contributed by atoms with van der Waals surface area (Å²) in [6.45, 7) is 3.85. The lowest BCUT2D eigenvalue weighted by Gasteiger charge is -2.20. The van der Waals surface area contributed by atoms with Gasteiger partial charge < -0.3 is 25.1 Å². The zero-order valence-corrected chi connectivity index (χ0v) is 12.6. The molecule has 1 radical (unpaired) electrons. The predicted molar refractivity (Wildman–Crippen MR) is 87.6 cm³/mol. The van der Waals surface area contributed by atoms with Gasteiger partial charge in [-0.25, -0.2) is 0 Å². The van der Waals surface area contributed by atoms with Crippen LogP contribution >= 0.6 is 0 Å². The zero-order valence-electron chi connectivity index (χ0n) is 12.6. The van der Waals surface area contributed by atoms with Crippen LogP contribution in [0.25, 0.3) is 11.0 Å². The fourth-order valence-electron chi connectivity index (χ4n) is 2.52. The van der Waals surface area contributed by atoms with E-state index in [4.69, 9.17) is 9.47 Å². The molecule has 3 aromatic rings. The number of aromatic nitrogens is 3. The Bertz CT molecular complexity index is 846. The van der Waals surface area contributed by atoms with E-state index >= 15 is 0 Å². The van der Waals surface area contributed by atoms with Crippen LogP contribution in [0.1, 0.15) is 6.92 Å². The molecule has 7 heteroatoms. The Morgan fingerprint density at radius 3 is 3.09 bits per heavy atom. The monoisotopic (exact) mass is 310 g/mol. The molecule has 0 bridgehead atoms. The second-order valence-electron chi connectivity index (χ2n) is 5.04. The molecule has 0 fully saturated rings. The first-order chi connectivity index (χ1) is 11.3. The fourth-order valence-corrected chi connectivity index (χ4v) is 2.52.